The van der Waals surface area contributed by atoms with Crippen LogP contribution in [0.15, 0.2) is 18.2 Å². The van der Waals surface area contributed by atoms with Gasteiger partial charge in [0.25, 0.3) is 0 Å². The summed E-state index contributed by atoms with van der Waals surface area (Å²) in [5.41, 5.74) is 9.20. The first-order valence-corrected chi connectivity index (χ1v) is 7.16. The number of carbonyl (C=O) groups excluding carboxylic acids is 2. The quantitative estimate of drug-likeness (QED) is 0.521. The monoisotopic (exact) mass is 290 g/mol. The van der Waals surface area contributed by atoms with E-state index in [1.54, 1.807) is 0 Å². The van der Waals surface area contributed by atoms with Crippen molar-refractivity contribution < 1.29 is 9.59 Å². The van der Waals surface area contributed by atoms with Gasteiger partial charge in [-0.05, 0) is 23.6 Å². The second-order valence-corrected chi connectivity index (χ2v) is 5.28. The third-order valence-corrected chi connectivity index (χ3v) is 3.58. The smallest absolute Gasteiger partial charge is 0.234 e. The molecular weight excluding hydrogens is 268 g/mol. The Hall–Kier alpha value is -2.08. The summed E-state index contributed by atoms with van der Waals surface area (Å²) in [6.07, 6.45) is 0.916. The van der Waals surface area contributed by atoms with Gasteiger partial charge in [0.1, 0.15) is 0 Å². The fourth-order valence-corrected chi connectivity index (χ4v) is 2.50. The first kappa shape index (κ1) is 15.3. The Balaban J connectivity index is 1.78. The number of carbonyl (C=O) groups is 2. The van der Waals surface area contributed by atoms with Crippen LogP contribution in [0.25, 0.3) is 0 Å². The molecule has 0 saturated carbocycles. The largest absolute Gasteiger partial charge is 0.398 e. The van der Waals surface area contributed by atoms with E-state index in [1.807, 2.05) is 12.1 Å². The van der Waals surface area contributed by atoms with Crippen LogP contribution in [0.4, 0.5) is 5.69 Å². The molecule has 1 aromatic carbocycles. The fourth-order valence-electron chi connectivity index (χ4n) is 2.50. The lowest BCUT2D eigenvalue weighted by atomic mass is 9.98. The van der Waals surface area contributed by atoms with E-state index in [0.717, 1.165) is 24.2 Å². The van der Waals surface area contributed by atoms with Crippen molar-refractivity contribution in [3.8, 4) is 0 Å². The number of anilines is 1. The Morgan fingerprint density at radius 3 is 2.81 bits per heavy atom. The minimum atomic E-state index is -0.0904. The number of amides is 2. The lowest BCUT2D eigenvalue weighted by Crippen LogP contribution is -2.42. The SMILES string of the molecule is CC(=O)NCCNC(=O)CN1CCc2cccc(N)c2C1. The van der Waals surface area contributed by atoms with Gasteiger partial charge in [0.2, 0.25) is 11.8 Å². The second kappa shape index (κ2) is 7.08. The zero-order chi connectivity index (χ0) is 15.2. The van der Waals surface area contributed by atoms with Crippen molar-refractivity contribution in [2.75, 3.05) is 31.9 Å². The summed E-state index contributed by atoms with van der Waals surface area (Å²) >= 11 is 0. The van der Waals surface area contributed by atoms with Crippen molar-refractivity contribution in [1.29, 1.82) is 0 Å². The number of nitrogen functional groups attached to an aromatic ring is 1. The molecule has 2 amide bonds. The van der Waals surface area contributed by atoms with E-state index in [0.29, 0.717) is 26.2 Å². The minimum absolute atomic E-state index is 0.0293. The molecule has 0 unspecified atom stereocenters. The normalized spacial score (nSPS) is 14.3. The van der Waals surface area contributed by atoms with E-state index in [-0.39, 0.29) is 11.8 Å². The van der Waals surface area contributed by atoms with Crippen LogP contribution in [-0.4, -0.2) is 42.9 Å². The van der Waals surface area contributed by atoms with Gasteiger partial charge in [-0.25, -0.2) is 0 Å². The van der Waals surface area contributed by atoms with Crippen molar-refractivity contribution in [3.63, 3.8) is 0 Å². The molecule has 0 aromatic heterocycles. The maximum absolute atomic E-state index is 11.9. The highest BCUT2D eigenvalue weighted by molar-refractivity contribution is 5.78. The average Bonchev–Trinajstić information content (AvgIpc) is 2.44. The first-order valence-electron chi connectivity index (χ1n) is 7.16. The topological polar surface area (TPSA) is 87.5 Å². The molecule has 2 rings (SSSR count). The molecule has 0 radical (unpaired) electrons. The molecule has 114 valence electrons. The lowest BCUT2D eigenvalue weighted by molar-refractivity contribution is -0.123. The van der Waals surface area contributed by atoms with Crippen LogP contribution in [0.1, 0.15) is 18.1 Å². The zero-order valence-electron chi connectivity index (χ0n) is 12.3. The number of rotatable bonds is 5. The number of hydrogen-bond acceptors (Lipinski definition) is 4. The summed E-state index contributed by atoms with van der Waals surface area (Å²) < 4.78 is 0. The van der Waals surface area contributed by atoms with Crippen LogP contribution in [0.5, 0.6) is 0 Å². The molecule has 0 fully saturated rings. The number of fused-ring (bicyclic) bond motifs is 1. The van der Waals surface area contributed by atoms with Crippen LogP contribution in [0.2, 0.25) is 0 Å². The highest BCUT2D eigenvalue weighted by Crippen LogP contribution is 2.23. The first-order chi connectivity index (χ1) is 10.1. The molecule has 1 aromatic rings. The Labute approximate surface area is 124 Å². The van der Waals surface area contributed by atoms with Gasteiger partial charge in [-0.1, -0.05) is 12.1 Å². The molecule has 0 spiro atoms. The molecule has 6 heteroatoms. The third kappa shape index (κ3) is 4.46. The van der Waals surface area contributed by atoms with Gasteiger partial charge in [0.15, 0.2) is 0 Å². The van der Waals surface area contributed by atoms with E-state index < -0.39 is 0 Å². The molecule has 0 aliphatic carbocycles. The number of nitrogens with zero attached hydrogens (tertiary/aromatic N) is 1. The van der Waals surface area contributed by atoms with Gasteiger partial charge < -0.3 is 16.4 Å². The van der Waals surface area contributed by atoms with E-state index in [2.05, 4.69) is 21.6 Å². The van der Waals surface area contributed by atoms with Crippen LogP contribution in [-0.2, 0) is 22.6 Å². The van der Waals surface area contributed by atoms with Gasteiger partial charge >= 0.3 is 0 Å². The predicted molar refractivity (Wildman–Crippen MR) is 81.5 cm³/mol. The summed E-state index contributed by atoms with van der Waals surface area (Å²) in [5, 5.41) is 5.44. The molecule has 1 aliphatic heterocycles. The summed E-state index contributed by atoms with van der Waals surface area (Å²) in [7, 11) is 0. The van der Waals surface area contributed by atoms with Crippen LogP contribution in [0, 0.1) is 0 Å². The molecule has 21 heavy (non-hydrogen) atoms. The van der Waals surface area contributed by atoms with E-state index >= 15 is 0 Å². The van der Waals surface area contributed by atoms with Crippen molar-refractivity contribution >= 4 is 17.5 Å². The Bertz CT molecular complexity index is 530. The van der Waals surface area contributed by atoms with Gasteiger partial charge in [-0.3, -0.25) is 14.5 Å². The summed E-state index contributed by atoms with van der Waals surface area (Å²) in [5.74, 6) is -0.120. The highest BCUT2D eigenvalue weighted by atomic mass is 16.2. The molecule has 4 N–H and O–H groups in total. The molecule has 6 nitrogen and oxygen atoms in total. The number of hydrogen-bond donors (Lipinski definition) is 3. The number of nitrogens with one attached hydrogen (secondary N) is 2. The van der Waals surface area contributed by atoms with Crippen LogP contribution >= 0.6 is 0 Å². The average molecular weight is 290 g/mol. The summed E-state index contributed by atoms with van der Waals surface area (Å²) in [6.45, 7) is 4.28. The Kier molecular flexibility index (Phi) is 5.16. The molecular formula is C15H22N4O2. The zero-order valence-corrected chi connectivity index (χ0v) is 12.3. The Morgan fingerprint density at radius 1 is 1.29 bits per heavy atom. The molecule has 1 aliphatic rings. The Morgan fingerprint density at radius 2 is 2.05 bits per heavy atom. The van der Waals surface area contributed by atoms with Crippen molar-refractivity contribution in [2.24, 2.45) is 0 Å². The van der Waals surface area contributed by atoms with Gasteiger partial charge in [0, 0.05) is 38.8 Å². The third-order valence-electron chi connectivity index (χ3n) is 3.58. The van der Waals surface area contributed by atoms with Crippen molar-refractivity contribution in [1.82, 2.24) is 15.5 Å². The molecule has 0 atom stereocenters. The van der Waals surface area contributed by atoms with Crippen LogP contribution < -0.4 is 16.4 Å². The van der Waals surface area contributed by atoms with E-state index in [1.165, 1.54) is 12.5 Å². The molecule has 0 saturated heterocycles. The van der Waals surface area contributed by atoms with Crippen molar-refractivity contribution in [3.05, 3.63) is 29.3 Å². The molecule has 1 heterocycles. The van der Waals surface area contributed by atoms with E-state index in [4.69, 9.17) is 5.73 Å². The van der Waals surface area contributed by atoms with Gasteiger partial charge in [-0.2, -0.15) is 0 Å². The summed E-state index contributed by atoms with van der Waals surface area (Å²) in [6, 6.07) is 5.96. The second-order valence-electron chi connectivity index (χ2n) is 5.28. The van der Waals surface area contributed by atoms with Gasteiger partial charge in [-0.15, -0.1) is 0 Å². The fraction of sp³-hybridized carbons (Fsp3) is 0.467. The highest BCUT2D eigenvalue weighted by Gasteiger charge is 2.19. The van der Waals surface area contributed by atoms with Crippen LogP contribution in [0.3, 0.4) is 0 Å². The van der Waals surface area contributed by atoms with E-state index in [9.17, 15) is 9.59 Å². The number of benzene rings is 1. The van der Waals surface area contributed by atoms with Crippen molar-refractivity contribution in [2.45, 2.75) is 19.9 Å². The minimum Gasteiger partial charge on any atom is -0.398 e. The maximum Gasteiger partial charge on any atom is 0.234 e. The maximum atomic E-state index is 11.9. The van der Waals surface area contributed by atoms with Gasteiger partial charge in [0.05, 0.1) is 6.54 Å². The standard InChI is InChI=1S/C15H22N4O2/c1-11(20)17-6-7-18-15(21)10-19-8-5-12-3-2-4-14(16)13(12)9-19/h2-4H,5-10,16H2,1H3,(H,17,20)(H,18,21). The predicted octanol–water partition coefficient (Wildman–Crippen LogP) is -0.121. The molecule has 0 bridgehead atoms. The lowest BCUT2D eigenvalue weighted by Gasteiger charge is -2.29. The number of nitrogens with two attached hydrogens (primary N) is 1. The summed E-state index contributed by atoms with van der Waals surface area (Å²) in [4.78, 5) is 24.7.